The summed E-state index contributed by atoms with van der Waals surface area (Å²) in [5, 5.41) is 17.1. The molecule has 0 heterocycles. The van der Waals surface area contributed by atoms with Crippen LogP contribution in [0.5, 0.6) is 0 Å². The maximum Gasteiger partial charge on any atom is 0.307 e. The highest BCUT2D eigenvalue weighted by Gasteiger charge is 2.23. The van der Waals surface area contributed by atoms with Gasteiger partial charge >= 0.3 is 11.9 Å². The SMILES string of the molecule is CC1CCCCC1CC(=O)O.Cc1ccccc1CC(=O)O. The van der Waals surface area contributed by atoms with Crippen molar-refractivity contribution in [2.24, 2.45) is 11.8 Å². The zero-order chi connectivity index (χ0) is 16.5. The zero-order valence-electron chi connectivity index (χ0n) is 13.4. The van der Waals surface area contributed by atoms with Gasteiger partial charge in [0, 0.05) is 6.42 Å². The molecule has 2 rings (SSSR count). The van der Waals surface area contributed by atoms with E-state index < -0.39 is 11.9 Å². The number of rotatable bonds is 4. The van der Waals surface area contributed by atoms with Crippen LogP contribution in [0.3, 0.4) is 0 Å². The van der Waals surface area contributed by atoms with Crippen LogP contribution in [0.4, 0.5) is 0 Å². The predicted molar refractivity (Wildman–Crippen MR) is 85.9 cm³/mol. The molecule has 1 fully saturated rings. The molecule has 0 bridgehead atoms. The van der Waals surface area contributed by atoms with Gasteiger partial charge in [0.05, 0.1) is 6.42 Å². The van der Waals surface area contributed by atoms with Crippen molar-refractivity contribution in [1.29, 1.82) is 0 Å². The lowest BCUT2D eigenvalue weighted by Gasteiger charge is -2.27. The molecule has 2 atom stereocenters. The molecule has 1 saturated carbocycles. The van der Waals surface area contributed by atoms with E-state index in [-0.39, 0.29) is 6.42 Å². The van der Waals surface area contributed by atoms with E-state index in [2.05, 4.69) is 6.92 Å². The van der Waals surface area contributed by atoms with Crippen LogP contribution >= 0.6 is 0 Å². The maximum absolute atomic E-state index is 10.4. The van der Waals surface area contributed by atoms with Gasteiger partial charge < -0.3 is 10.2 Å². The molecule has 22 heavy (non-hydrogen) atoms. The summed E-state index contributed by atoms with van der Waals surface area (Å²) in [6.45, 7) is 4.09. The predicted octanol–water partition coefficient (Wildman–Crippen LogP) is 3.91. The molecule has 122 valence electrons. The van der Waals surface area contributed by atoms with Gasteiger partial charge in [-0.25, -0.2) is 0 Å². The minimum atomic E-state index is -0.778. The van der Waals surface area contributed by atoms with Gasteiger partial charge in [0.15, 0.2) is 0 Å². The summed E-state index contributed by atoms with van der Waals surface area (Å²) in [5.41, 5.74) is 1.93. The van der Waals surface area contributed by atoms with Crippen LogP contribution in [-0.4, -0.2) is 22.2 Å². The molecule has 1 aliphatic rings. The smallest absolute Gasteiger partial charge is 0.307 e. The molecular weight excluding hydrogens is 280 g/mol. The minimum absolute atomic E-state index is 0.118. The Morgan fingerprint density at radius 1 is 1.09 bits per heavy atom. The standard InChI is InChI=1S/C9H16O2.C9H10O2/c2*1-7-4-2-3-5-8(7)6-9(10)11/h7-8H,2-6H2,1H3,(H,10,11);2-5H,6H2,1H3,(H,10,11). The molecule has 2 N–H and O–H groups in total. The largest absolute Gasteiger partial charge is 0.481 e. The highest BCUT2D eigenvalue weighted by Crippen LogP contribution is 2.31. The monoisotopic (exact) mass is 306 g/mol. The first kappa shape index (κ1) is 18.2. The van der Waals surface area contributed by atoms with Crippen LogP contribution in [0.25, 0.3) is 0 Å². The molecule has 4 nitrogen and oxygen atoms in total. The van der Waals surface area contributed by atoms with E-state index in [1.807, 2.05) is 31.2 Å². The summed E-state index contributed by atoms with van der Waals surface area (Å²) in [7, 11) is 0. The number of benzene rings is 1. The Balaban J connectivity index is 0.000000220. The van der Waals surface area contributed by atoms with Gasteiger partial charge in [-0.2, -0.15) is 0 Å². The van der Waals surface area contributed by atoms with E-state index >= 15 is 0 Å². The van der Waals surface area contributed by atoms with Gasteiger partial charge in [-0.3, -0.25) is 9.59 Å². The highest BCUT2D eigenvalue weighted by molar-refractivity contribution is 5.70. The van der Waals surface area contributed by atoms with Gasteiger partial charge in [0.25, 0.3) is 0 Å². The summed E-state index contributed by atoms with van der Waals surface area (Å²) in [6, 6.07) is 7.51. The van der Waals surface area contributed by atoms with Crippen LogP contribution in [0.15, 0.2) is 24.3 Å². The van der Waals surface area contributed by atoms with Crippen LogP contribution in [-0.2, 0) is 16.0 Å². The minimum Gasteiger partial charge on any atom is -0.481 e. The Morgan fingerprint density at radius 3 is 2.27 bits per heavy atom. The van der Waals surface area contributed by atoms with Gasteiger partial charge in [0.2, 0.25) is 0 Å². The number of aryl methyl sites for hydroxylation is 1. The fourth-order valence-electron chi connectivity index (χ4n) is 2.89. The summed E-state index contributed by atoms with van der Waals surface area (Å²) < 4.78 is 0. The molecule has 1 aromatic carbocycles. The van der Waals surface area contributed by atoms with E-state index in [4.69, 9.17) is 10.2 Å². The number of carbonyl (C=O) groups is 2. The Kier molecular flexibility index (Phi) is 7.64. The van der Waals surface area contributed by atoms with E-state index in [0.29, 0.717) is 18.3 Å². The number of hydrogen-bond acceptors (Lipinski definition) is 2. The third-order valence-corrected chi connectivity index (χ3v) is 4.33. The maximum atomic E-state index is 10.4. The molecule has 2 unspecified atom stereocenters. The zero-order valence-corrected chi connectivity index (χ0v) is 13.4. The van der Waals surface area contributed by atoms with E-state index in [1.54, 1.807) is 0 Å². The van der Waals surface area contributed by atoms with E-state index in [1.165, 1.54) is 19.3 Å². The van der Waals surface area contributed by atoms with Crippen LogP contribution < -0.4 is 0 Å². The number of carboxylic acids is 2. The quantitative estimate of drug-likeness (QED) is 0.884. The summed E-state index contributed by atoms with van der Waals surface area (Å²) in [4.78, 5) is 20.7. The molecule has 1 aromatic rings. The van der Waals surface area contributed by atoms with E-state index in [9.17, 15) is 9.59 Å². The lowest BCUT2D eigenvalue weighted by Crippen LogP contribution is -2.19. The average molecular weight is 306 g/mol. The van der Waals surface area contributed by atoms with Gasteiger partial charge in [-0.15, -0.1) is 0 Å². The van der Waals surface area contributed by atoms with Crippen molar-refractivity contribution in [1.82, 2.24) is 0 Å². The number of aliphatic carboxylic acids is 2. The summed E-state index contributed by atoms with van der Waals surface area (Å²) in [6.07, 6.45) is 5.35. The Labute approximate surface area is 132 Å². The molecule has 0 amide bonds. The van der Waals surface area contributed by atoms with Crippen LogP contribution in [0.1, 0.15) is 50.2 Å². The van der Waals surface area contributed by atoms with Crippen molar-refractivity contribution in [2.75, 3.05) is 0 Å². The Morgan fingerprint density at radius 2 is 1.73 bits per heavy atom. The first-order valence-electron chi connectivity index (χ1n) is 7.88. The normalized spacial score (nSPS) is 20.6. The molecule has 0 radical (unpaired) electrons. The molecule has 1 aliphatic carbocycles. The van der Waals surface area contributed by atoms with E-state index in [0.717, 1.165) is 17.5 Å². The van der Waals surface area contributed by atoms with Gasteiger partial charge in [-0.1, -0.05) is 50.5 Å². The second-order valence-electron chi connectivity index (χ2n) is 6.12. The topological polar surface area (TPSA) is 74.6 Å². The molecule has 0 aliphatic heterocycles. The summed E-state index contributed by atoms with van der Waals surface area (Å²) >= 11 is 0. The van der Waals surface area contributed by atoms with Crippen molar-refractivity contribution >= 4 is 11.9 Å². The van der Waals surface area contributed by atoms with Crippen LogP contribution in [0.2, 0.25) is 0 Å². The fraction of sp³-hybridized carbons (Fsp3) is 0.556. The Hall–Kier alpha value is -1.84. The first-order chi connectivity index (χ1) is 10.4. The number of carboxylic acid groups (broad SMARTS) is 2. The highest BCUT2D eigenvalue weighted by atomic mass is 16.4. The van der Waals surface area contributed by atoms with Crippen molar-refractivity contribution in [3.05, 3.63) is 35.4 Å². The van der Waals surface area contributed by atoms with Crippen molar-refractivity contribution in [2.45, 2.75) is 52.4 Å². The molecule has 4 heteroatoms. The fourth-order valence-corrected chi connectivity index (χ4v) is 2.89. The molecule has 0 saturated heterocycles. The second-order valence-corrected chi connectivity index (χ2v) is 6.12. The molecular formula is C18H26O4. The van der Waals surface area contributed by atoms with Crippen molar-refractivity contribution < 1.29 is 19.8 Å². The van der Waals surface area contributed by atoms with Crippen molar-refractivity contribution in [3.8, 4) is 0 Å². The third kappa shape index (κ3) is 6.74. The molecule has 0 aromatic heterocycles. The lowest BCUT2D eigenvalue weighted by molar-refractivity contribution is -0.139. The van der Waals surface area contributed by atoms with Crippen molar-refractivity contribution in [3.63, 3.8) is 0 Å². The van der Waals surface area contributed by atoms with Gasteiger partial charge in [-0.05, 0) is 36.3 Å². The molecule has 0 spiro atoms. The number of hydrogen-bond donors (Lipinski definition) is 2. The third-order valence-electron chi connectivity index (χ3n) is 4.33. The summed E-state index contributed by atoms with van der Waals surface area (Å²) in [5.74, 6) is -0.343. The Bertz CT molecular complexity index is 496. The first-order valence-corrected chi connectivity index (χ1v) is 7.88. The van der Waals surface area contributed by atoms with Crippen LogP contribution in [0, 0.1) is 18.8 Å². The van der Waals surface area contributed by atoms with Gasteiger partial charge in [0.1, 0.15) is 0 Å². The average Bonchev–Trinajstić information content (AvgIpc) is 2.44. The second kappa shape index (κ2) is 9.23. The lowest BCUT2D eigenvalue weighted by atomic mass is 9.79.